The van der Waals surface area contributed by atoms with Crippen molar-refractivity contribution < 1.29 is 0 Å². The van der Waals surface area contributed by atoms with E-state index in [9.17, 15) is 0 Å². The third-order valence-corrected chi connectivity index (χ3v) is 2.38. The summed E-state index contributed by atoms with van der Waals surface area (Å²) < 4.78 is 1.80. The number of nitrogens with two attached hydrogens (primary N) is 1. The predicted molar refractivity (Wildman–Crippen MR) is 62.7 cm³/mol. The Kier molecular flexibility index (Phi) is 3.16. The molecule has 2 rings (SSSR count). The third kappa shape index (κ3) is 2.38. The lowest BCUT2D eigenvalue weighted by Gasteiger charge is -2.07. The lowest BCUT2D eigenvalue weighted by atomic mass is 10.2. The van der Waals surface area contributed by atoms with E-state index < -0.39 is 0 Å². The molecule has 0 radical (unpaired) electrons. The van der Waals surface area contributed by atoms with Crippen LogP contribution < -0.4 is 11.1 Å². The zero-order valence-corrected chi connectivity index (χ0v) is 9.22. The zero-order chi connectivity index (χ0) is 11.4. The average Bonchev–Trinajstić information content (AvgIpc) is 2.72. The fourth-order valence-electron chi connectivity index (χ4n) is 1.49. The van der Waals surface area contributed by atoms with Gasteiger partial charge in [0.1, 0.15) is 5.82 Å². The molecule has 0 aliphatic carbocycles. The van der Waals surface area contributed by atoms with Crippen molar-refractivity contribution in [1.29, 1.82) is 0 Å². The van der Waals surface area contributed by atoms with Crippen molar-refractivity contribution in [2.45, 2.75) is 13.1 Å². The molecule has 0 amide bonds. The van der Waals surface area contributed by atoms with Crippen molar-refractivity contribution in [3.8, 4) is 0 Å². The number of aromatic nitrogens is 3. The molecular weight excluding hydrogens is 202 g/mol. The van der Waals surface area contributed by atoms with Crippen molar-refractivity contribution in [1.82, 2.24) is 14.8 Å². The summed E-state index contributed by atoms with van der Waals surface area (Å²) in [5.41, 5.74) is 7.61. The topological polar surface area (TPSA) is 68.8 Å². The van der Waals surface area contributed by atoms with Crippen LogP contribution in [0.1, 0.15) is 11.3 Å². The van der Waals surface area contributed by atoms with Crippen molar-refractivity contribution in [3.63, 3.8) is 0 Å². The Balaban J connectivity index is 2.02. The van der Waals surface area contributed by atoms with Crippen LogP contribution in [0.2, 0.25) is 0 Å². The third-order valence-electron chi connectivity index (χ3n) is 2.38. The standard InChI is InChI=1S/C11H15N5/c1-16-11(3-5-15-16)14-8-9-2-4-13-10(6-9)7-12/h2-6,14H,7-8,12H2,1H3. The molecule has 0 aliphatic rings. The van der Waals surface area contributed by atoms with E-state index in [1.165, 1.54) is 0 Å². The smallest absolute Gasteiger partial charge is 0.124 e. The number of aryl methyl sites for hydroxylation is 1. The van der Waals surface area contributed by atoms with Gasteiger partial charge in [-0.25, -0.2) is 0 Å². The van der Waals surface area contributed by atoms with Crippen LogP contribution in [-0.4, -0.2) is 14.8 Å². The van der Waals surface area contributed by atoms with E-state index in [1.807, 2.05) is 25.2 Å². The van der Waals surface area contributed by atoms with E-state index in [1.54, 1.807) is 17.1 Å². The minimum absolute atomic E-state index is 0.472. The van der Waals surface area contributed by atoms with Crippen molar-refractivity contribution in [2.75, 3.05) is 5.32 Å². The minimum atomic E-state index is 0.472. The molecule has 0 saturated carbocycles. The maximum absolute atomic E-state index is 5.54. The molecule has 0 fully saturated rings. The van der Waals surface area contributed by atoms with Gasteiger partial charge in [0.15, 0.2) is 0 Å². The molecular formula is C11H15N5. The lowest BCUT2D eigenvalue weighted by molar-refractivity contribution is 0.768. The summed E-state index contributed by atoms with van der Waals surface area (Å²) in [7, 11) is 1.90. The van der Waals surface area contributed by atoms with Gasteiger partial charge < -0.3 is 11.1 Å². The van der Waals surface area contributed by atoms with Crippen molar-refractivity contribution in [3.05, 3.63) is 41.9 Å². The van der Waals surface area contributed by atoms with Gasteiger partial charge >= 0.3 is 0 Å². The predicted octanol–water partition coefficient (Wildman–Crippen LogP) is 0.886. The van der Waals surface area contributed by atoms with Gasteiger partial charge in [-0.3, -0.25) is 9.67 Å². The van der Waals surface area contributed by atoms with Crippen LogP contribution in [0.4, 0.5) is 5.82 Å². The Morgan fingerprint density at radius 2 is 2.25 bits per heavy atom. The van der Waals surface area contributed by atoms with Crippen LogP contribution >= 0.6 is 0 Å². The SMILES string of the molecule is Cn1nccc1NCc1ccnc(CN)c1. The quantitative estimate of drug-likeness (QED) is 0.798. The van der Waals surface area contributed by atoms with Crippen LogP contribution in [-0.2, 0) is 20.1 Å². The Morgan fingerprint density at radius 3 is 2.94 bits per heavy atom. The molecule has 16 heavy (non-hydrogen) atoms. The molecule has 3 N–H and O–H groups in total. The Labute approximate surface area is 94.3 Å². The zero-order valence-electron chi connectivity index (χ0n) is 9.22. The summed E-state index contributed by atoms with van der Waals surface area (Å²) in [6.07, 6.45) is 3.54. The maximum Gasteiger partial charge on any atom is 0.124 e. The fourth-order valence-corrected chi connectivity index (χ4v) is 1.49. The molecule has 2 aromatic heterocycles. The highest BCUT2D eigenvalue weighted by molar-refractivity contribution is 5.35. The number of hydrogen-bond donors (Lipinski definition) is 2. The second-order valence-corrected chi connectivity index (χ2v) is 3.55. The Morgan fingerprint density at radius 1 is 1.38 bits per heavy atom. The first-order valence-electron chi connectivity index (χ1n) is 5.15. The molecule has 0 aromatic carbocycles. The Bertz CT molecular complexity index is 463. The van der Waals surface area contributed by atoms with Crippen LogP contribution in [0.3, 0.4) is 0 Å². The van der Waals surface area contributed by atoms with Crippen LogP contribution in [0.15, 0.2) is 30.6 Å². The van der Waals surface area contributed by atoms with E-state index >= 15 is 0 Å². The molecule has 0 unspecified atom stereocenters. The summed E-state index contributed by atoms with van der Waals surface area (Å²) in [4.78, 5) is 4.15. The van der Waals surface area contributed by atoms with E-state index in [0.29, 0.717) is 6.54 Å². The monoisotopic (exact) mass is 217 g/mol. The van der Waals surface area contributed by atoms with Crippen LogP contribution in [0.25, 0.3) is 0 Å². The minimum Gasteiger partial charge on any atom is -0.366 e. The molecule has 5 heteroatoms. The number of pyridine rings is 1. The average molecular weight is 217 g/mol. The fraction of sp³-hybridized carbons (Fsp3) is 0.273. The summed E-state index contributed by atoms with van der Waals surface area (Å²) >= 11 is 0. The van der Waals surface area contributed by atoms with Gasteiger partial charge in [-0.05, 0) is 17.7 Å². The highest BCUT2D eigenvalue weighted by atomic mass is 15.3. The van der Waals surface area contributed by atoms with Gasteiger partial charge in [0.05, 0.1) is 11.9 Å². The second kappa shape index (κ2) is 4.76. The Hall–Kier alpha value is -1.88. The number of nitrogens with zero attached hydrogens (tertiary/aromatic N) is 3. The van der Waals surface area contributed by atoms with E-state index in [4.69, 9.17) is 5.73 Å². The molecule has 2 aromatic rings. The maximum atomic E-state index is 5.54. The summed E-state index contributed by atoms with van der Waals surface area (Å²) in [5.74, 6) is 0.992. The van der Waals surface area contributed by atoms with Gasteiger partial charge in [0.25, 0.3) is 0 Å². The molecule has 0 saturated heterocycles. The molecule has 0 bridgehead atoms. The van der Waals surface area contributed by atoms with Crippen molar-refractivity contribution in [2.24, 2.45) is 12.8 Å². The number of nitrogens with one attached hydrogen (secondary N) is 1. The largest absolute Gasteiger partial charge is 0.366 e. The molecule has 0 aliphatic heterocycles. The number of hydrogen-bond acceptors (Lipinski definition) is 4. The van der Waals surface area contributed by atoms with E-state index in [-0.39, 0.29) is 0 Å². The highest BCUT2D eigenvalue weighted by Gasteiger charge is 1.99. The van der Waals surface area contributed by atoms with Crippen LogP contribution in [0.5, 0.6) is 0 Å². The van der Waals surface area contributed by atoms with Gasteiger partial charge in [0, 0.05) is 32.4 Å². The first kappa shape index (κ1) is 10.6. The molecule has 0 atom stereocenters. The number of anilines is 1. The normalized spacial score (nSPS) is 10.4. The first-order valence-corrected chi connectivity index (χ1v) is 5.15. The van der Waals surface area contributed by atoms with Gasteiger partial charge in [-0.2, -0.15) is 5.10 Å². The van der Waals surface area contributed by atoms with Gasteiger partial charge in [-0.1, -0.05) is 0 Å². The van der Waals surface area contributed by atoms with Crippen LogP contribution in [0, 0.1) is 0 Å². The molecule has 2 heterocycles. The lowest BCUT2D eigenvalue weighted by Crippen LogP contribution is -2.06. The van der Waals surface area contributed by atoms with Crippen molar-refractivity contribution >= 4 is 5.82 Å². The summed E-state index contributed by atoms with van der Waals surface area (Å²) in [6, 6.07) is 5.91. The molecule has 0 spiro atoms. The highest BCUT2D eigenvalue weighted by Crippen LogP contribution is 2.07. The summed E-state index contributed by atoms with van der Waals surface area (Å²) in [6.45, 7) is 1.22. The molecule has 5 nitrogen and oxygen atoms in total. The van der Waals surface area contributed by atoms with Gasteiger partial charge in [-0.15, -0.1) is 0 Å². The molecule has 84 valence electrons. The second-order valence-electron chi connectivity index (χ2n) is 3.55. The van der Waals surface area contributed by atoms with E-state index in [2.05, 4.69) is 15.4 Å². The number of rotatable bonds is 4. The van der Waals surface area contributed by atoms with Gasteiger partial charge in [0.2, 0.25) is 0 Å². The first-order chi connectivity index (χ1) is 7.79. The van der Waals surface area contributed by atoms with E-state index in [0.717, 1.165) is 23.6 Å². The summed E-state index contributed by atoms with van der Waals surface area (Å²) in [5, 5.41) is 7.38.